The normalized spacial score (nSPS) is 16.1. The maximum Gasteiger partial charge on any atom is 0.266 e. The van der Waals surface area contributed by atoms with E-state index in [0.717, 1.165) is 38.3 Å². The highest BCUT2D eigenvalue weighted by molar-refractivity contribution is 5.93. The van der Waals surface area contributed by atoms with Crippen LogP contribution in [-0.2, 0) is 6.54 Å². The molecule has 2 rings (SSSR count). The molecule has 1 aromatic heterocycles. The first kappa shape index (κ1) is 15.9. The van der Waals surface area contributed by atoms with Crippen LogP contribution >= 0.6 is 0 Å². The third-order valence-corrected chi connectivity index (χ3v) is 3.92. The van der Waals surface area contributed by atoms with Gasteiger partial charge in [0.05, 0.1) is 11.3 Å². The van der Waals surface area contributed by atoms with Crippen molar-refractivity contribution in [1.29, 1.82) is 0 Å². The van der Waals surface area contributed by atoms with E-state index in [9.17, 15) is 4.79 Å². The van der Waals surface area contributed by atoms with E-state index in [4.69, 9.17) is 5.84 Å². The molecule has 0 radical (unpaired) electrons. The summed E-state index contributed by atoms with van der Waals surface area (Å²) >= 11 is 0. The van der Waals surface area contributed by atoms with Crippen LogP contribution in [0.3, 0.4) is 0 Å². The Hall–Kier alpha value is -1.50. The van der Waals surface area contributed by atoms with Gasteiger partial charge in [0, 0.05) is 18.8 Å². The Bertz CT molecular complexity index is 442. The fourth-order valence-electron chi connectivity index (χ4n) is 2.79. The average molecular weight is 291 g/mol. The molecule has 2 heterocycles. The van der Waals surface area contributed by atoms with E-state index < -0.39 is 0 Å². The predicted molar refractivity (Wildman–Crippen MR) is 82.5 cm³/mol. The van der Waals surface area contributed by atoms with E-state index in [2.05, 4.69) is 27.6 Å². The van der Waals surface area contributed by atoms with E-state index in [1.165, 1.54) is 12.8 Å². The molecule has 0 spiro atoms. The number of carbonyl (C=O) groups excluding carboxylic acids is 1. The van der Waals surface area contributed by atoms with Gasteiger partial charge in [-0.3, -0.25) is 20.1 Å². The third-order valence-electron chi connectivity index (χ3n) is 3.92. The maximum atomic E-state index is 11.4. The molecule has 0 atom stereocenters. The van der Waals surface area contributed by atoms with Gasteiger partial charge in [0.1, 0.15) is 0 Å². The second-order valence-electron chi connectivity index (χ2n) is 5.46. The van der Waals surface area contributed by atoms with Gasteiger partial charge in [-0.25, -0.2) is 5.84 Å². The zero-order valence-corrected chi connectivity index (χ0v) is 12.6. The summed E-state index contributed by atoms with van der Waals surface area (Å²) in [7, 11) is 0. The van der Waals surface area contributed by atoms with E-state index >= 15 is 0 Å². The minimum atomic E-state index is -0.308. The highest BCUT2D eigenvalue weighted by atomic mass is 16.2. The van der Waals surface area contributed by atoms with Crippen LogP contribution < -0.4 is 16.6 Å². The fraction of sp³-hybridized carbons (Fsp3) is 0.600. The topological polar surface area (TPSA) is 83.3 Å². The number of hydrogen-bond donors (Lipinski definition) is 3. The average Bonchev–Trinajstić information content (AvgIpc) is 2.55. The Morgan fingerprint density at radius 3 is 2.81 bits per heavy atom. The highest BCUT2D eigenvalue weighted by Gasteiger charge is 2.20. The number of nitrogens with zero attached hydrogens (tertiary/aromatic N) is 2. The molecule has 116 valence electrons. The molecule has 21 heavy (non-hydrogen) atoms. The largest absolute Gasteiger partial charge is 0.317 e. The quantitative estimate of drug-likeness (QED) is 0.407. The smallest absolute Gasteiger partial charge is 0.266 e. The highest BCUT2D eigenvalue weighted by Crippen LogP contribution is 2.15. The SMILES string of the molecule is CCCN(Cc1ccc(C(=O)NN)cn1)C1CCNCC1. The lowest BCUT2D eigenvalue weighted by molar-refractivity contribution is 0.0953. The summed E-state index contributed by atoms with van der Waals surface area (Å²) in [6, 6.07) is 4.31. The van der Waals surface area contributed by atoms with Gasteiger partial charge < -0.3 is 5.32 Å². The van der Waals surface area contributed by atoms with Crippen molar-refractivity contribution in [2.24, 2.45) is 5.84 Å². The molecule has 6 heteroatoms. The standard InChI is InChI=1S/C15H25N5O/c1-2-9-20(14-5-7-17-8-6-14)11-13-4-3-12(10-18-13)15(21)19-16/h3-4,10,14,17H,2,5-9,11,16H2,1H3,(H,19,21). The van der Waals surface area contributed by atoms with E-state index in [-0.39, 0.29) is 5.91 Å². The second kappa shape index (κ2) is 8.07. The molecule has 1 aliphatic rings. The van der Waals surface area contributed by atoms with Gasteiger partial charge in [0.2, 0.25) is 0 Å². The Balaban J connectivity index is 2.00. The maximum absolute atomic E-state index is 11.4. The number of amides is 1. The summed E-state index contributed by atoms with van der Waals surface area (Å²) in [6.07, 6.45) is 5.10. The minimum absolute atomic E-state index is 0.308. The molecule has 0 aliphatic carbocycles. The van der Waals surface area contributed by atoms with Gasteiger partial charge in [0.25, 0.3) is 5.91 Å². The number of nitrogens with two attached hydrogens (primary N) is 1. The van der Waals surface area contributed by atoms with Gasteiger partial charge in [0.15, 0.2) is 0 Å². The molecular formula is C15H25N5O. The van der Waals surface area contributed by atoms with Gasteiger partial charge in [-0.15, -0.1) is 0 Å². The predicted octanol–water partition coefficient (Wildman–Crippen LogP) is 0.649. The van der Waals surface area contributed by atoms with Crippen molar-refractivity contribution in [3.05, 3.63) is 29.6 Å². The molecular weight excluding hydrogens is 266 g/mol. The van der Waals surface area contributed by atoms with E-state index in [1.54, 1.807) is 12.3 Å². The van der Waals surface area contributed by atoms with Gasteiger partial charge in [-0.05, 0) is 51.0 Å². The van der Waals surface area contributed by atoms with Crippen LogP contribution in [0.2, 0.25) is 0 Å². The number of nitrogen functional groups attached to an aromatic ring is 1. The molecule has 1 fully saturated rings. The first-order valence-electron chi connectivity index (χ1n) is 7.65. The van der Waals surface area contributed by atoms with Gasteiger partial charge in [-0.1, -0.05) is 6.92 Å². The van der Waals surface area contributed by atoms with Crippen molar-refractivity contribution in [3.63, 3.8) is 0 Å². The third kappa shape index (κ3) is 4.49. The van der Waals surface area contributed by atoms with Crippen molar-refractivity contribution in [1.82, 2.24) is 20.6 Å². The molecule has 1 aliphatic heterocycles. The fourth-order valence-corrected chi connectivity index (χ4v) is 2.79. The van der Waals surface area contributed by atoms with Crippen molar-refractivity contribution in [2.45, 2.75) is 38.8 Å². The Kier molecular flexibility index (Phi) is 6.10. The van der Waals surface area contributed by atoms with Crippen molar-refractivity contribution >= 4 is 5.91 Å². The van der Waals surface area contributed by atoms with Crippen LogP contribution in [-0.4, -0.2) is 41.5 Å². The lowest BCUT2D eigenvalue weighted by atomic mass is 10.0. The molecule has 6 nitrogen and oxygen atoms in total. The number of aromatic nitrogens is 1. The van der Waals surface area contributed by atoms with Gasteiger partial charge >= 0.3 is 0 Å². The summed E-state index contributed by atoms with van der Waals surface area (Å²) in [5.41, 5.74) is 3.60. The summed E-state index contributed by atoms with van der Waals surface area (Å²) in [5.74, 6) is 4.81. The zero-order valence-electron chi connectivity index (χ0n) is 12.6. The lowest BCUT2D eigenvalue weighted by Crippen LogP contribution is -2.43. The zero-order chi connectivity index (χ0) is 15.1. The Morgan fingerprint density at radius 2 is 2.24 bits per heavy atom. The Labute approximate surface area is 126 Å². The second-order valence-corrected chi connectivity index (χ2v) is 5.46. The van der Waals surface area contributed by atoms with Crippen LogP contribution in [0.5, 0.6) is 0 Å². The molecule has 0 saturated carbocycles. The molecule has 4 N–H and O–H groups in total. The summed E-state index contributed by atoms with van der Waals surface area (Å²) in [6.45, 7) is 6.30. The summed E-state index contributed by atoms with van der Waals surface area (Å²) in [4.78, 5) is 18.3. The van der Waals surface area contributed by atoms with Crippen molar-refractivity contribution in [2.75, 3.05) is 19.6 Å². The van der Waals surface area contributed by atoms with Crippen molar-refractivity contribution in [3.8, 4) is 0 Å². The van der Waals surface area contributed by atoms with Crippen LogP contribution in [0, 0.1) is 0 Å². The van der Waals surface area contributed by atoms with Crippen LogP contribution in [0.15, 0.2) is 18.3 Å². The van der Waals surface area contributed by atoms with Crippen molar-refractivity contribution < 1.29 is 4.79 Å². The summed E-state index contributed by atoms with van der Waals surface area (Å²) < 4.78 is 0. The molecule has 1 saturated heterocycles. The van der Waals surface area contributed by atoms with Crippen LogP contribution in [0.1, 0.15) is 42.2 Å². The van der Waals surface area contributed by atoms with Gasteiger partial charge in [-0.2, -0.15) is 0 Å². The molecule has 0 unspecified atom stereocenters. The molecule has 1 aromatic rings. The first-order chi connectivity index (χ1) is 10.2. The minimum Gasteiger partial charge on any atom is -0.317 e. The Morgan fingerprint density at radius 1 is 1.48 bits per heavy atom. The molecule has 1 amide bonds. The van der Waals surface area contributed by atoms with E-state index in [0.29, 0.717) is 11.6 Å². The monoisotopic (exact) mass is 291 g/mol. The number of rotatable bonds is 6. The van der Waals surface area contributed by atoms with Crippen LogP contribution in [0.4, 0.5) is 0 Å². The number of piperidine rings is 1. The molecule has 0 aromatic carbocycles. The first-order valence-corrected chi connectivity index (χ1v) is 7.65. The summed E-state index contributed by atoms with van der Waals surface area (Å²) in [5, 5.41) is 3.40. The lowest BCUT2D eigenvalue weighted by Gasteiger charge is -2.34. The number of hydrogen-bond acceptors (Lipinski definition) is 5. The number of hydrazine groups is 1. The number of pyridine rings is 1. The number of carbonyl (C=O) groups is 1. The molecule has 0 bridgehead atoms. The van der Waals surface area contributed by atoms with E-state index in [1.807, 2.05) is 6.07 Å². The number of nitrogens with one attached hydrogen (secondary N) is 2. The van der Waals surface area contributed by atoms with Crippen LogP contribution in [0.25, 0.3) is 0 Å².